The lowest BCUT2D eigenvalue weighted by Gasteiger charge is -2.11. The molecule has 138 valence electrons. The minimum atomic E-state index is -0.630. The summed E-state index contributed by atoms with van der Waals surface area (Å²) < 4.78 is 5.22. The molecule has 3 rings (SSSR count). The van der Waals surface area contributed by atoms with Gasteiger partial charge in [-0.2, -0.15) is 0 Å². The first-order valence-corrected chi connectivity index (χ1v) is 8.71. The van der Waals surface area contributed by atoms with Crippen LogP contribution < -0.4 is 9.64 Å². The second-order valence-corrected chi connectivity index (χ2v) is 6.42. The topological polar surface area (TPSA) is 110 Å². The molecule has 1 heterocycles. The van der Waals surface area contributed by atoms with Crippen molar-refractivity contribution in [3.05, 3.63) is 63.0 Å². The zero-order valence-corrected chi connectivity index (χ0v) is 14.9. The fourth-order valence-corrected chi connectivity index (χ4v) is 3.34. The summed E-state index contributed by atoms with van der Waals surface area (Å²) in [7, 11) is 0. The van der Waals surface area contributed by atoms with E-state index in [0.717, 1.165) is 17.0 Å². The number of phenolic OH excluding ortho intramolecular Hbond substituents is 1. The van der Waals surface area contributed by atoms with Crippen LogP contribution in [-0.2, 0) is 4.79 Å². The molecule has 2 aromatic carbocycles. The van der Waals surface area contributed by atoms with E-state index in [4.69, 9.17) is 4.74 Å². The fraction of sp³-hybridized carbons (Fsp3) is 0.111. The molecule has 8 nitrogen and oxygen atoms in total. The molecule has 9 heteroatoms. The molecular weight excluding hydrogens is 372 g/mol. The Bertz CT molecular complexity index is 958. The molecule has 1 N–H and O–H groups in total. The quantitative estimate of drug-likeness (QED) is 0.471. The maximum atomic E-state index is 12.6. The summed E-state index contributed by atoms with van der Waals surface area (Å²) in [5, 5.41) is 20.9. The largest absolute Gasteiger partial charge is 0.504 e. The van der Waals surface area contributed by atoms with E-state index in [1.165, 1.54) is 6.08 Å². The first-order valence-electron chi connectivity index (χ1n) is 7.89. The average Bonchev–Trinajstić information content (AvgIpc) is 2.92. The number of carbonyl (C=O) groups is 2. The highest BCUT2D eigenvalue weighted by Crippen LogP contribution is 2.40. The van der Waals surface area contributed by atoms with Crippen LogP contribution in [0.5, 0.6) is 11.5 Å². The van der Waals surface area contributed by atoms with Gasteiger partial charge in [0.15, 0.2) is 11.5 Å². The van der Waals surface area contributed by atoms with Gasteiger partial charge in [0.2, 0.25) is 0 Å². The van der Waals surface area contributed by atoms with Crippen LogP contribution in [0.3, 0.4) is 0 Å². The molecule has 0 aromatic heterocycles. The SMILES string of the molecule is CCOc1cc([N+](=O)[O-])cc(/C=C2/SC(=O)N(c3ccccc3)C2=O)c1O. The lowest BCUT2D eigenvalue weighted by molar-refractivity contribution is -0.385. The monoisotopic (exact) mass is 386 g/mol. The summed E-state index contributed by atoms with van der Waals surface area (Å²) in [6.07, 6.45) is 1.25. The number of nitrogens with zero attached hydrogens (tertiary/aromatic N) is 2. The Kier molecular flexibility index (Phi) is 5.13. The number of anilines is 1. The van der Waals surface area contributed by atoms with Gasteiger partial charge in [0, 0.05) is 11.6 Å². The van der Waals surface area contributed by atoms with Crippen molar-refractivity contribution in [3.8, 4) is 11.5 Å². The number of nitro benzene ring substituents is 1. The van der Waals surface area contributed by atoms with Gasteiger partial charge in [-0.1, -0.05) is 18.2 Å². The molecule has 0 saturated carbocycles. The number of para-hydroxylation sites is 1. The number of non-ortho nitro benzene ring substituents is 1. The number of phenols is 1. The third-order valence-corrected chi connectivity index (χ3v) is 4.56. The second kappa shape index (κ2) is 7.50. The summed E-state index contributed by atoms with van der Waals surface area (Å²) >= 11 is 0.690. The number of carbonyl (C=O) groups excluding carboxylic acids is 2. The summed E-state index contributed by atoms with van der Waals surface area (Å²) in [5.74, 6) is -0.978. The number of ether oxygens (including phenoxy) is 1. The maximum Gasteiger partial charge on any atom is 0.298 e. The van der Waals surface area contributed by atoms with E-state index in [0.29, 0.717) is 17.4 Å². The number of benzene rings is 2. The zero-order valence-electron chi connectivity index (χ0n) is 14.1. The van der Waals surface area contributed by atoms with E-state index < -0.39 is 16.1 Å². The van der Waals surface area contributed by atoms with E-state index in [-0.39, 0.29) is 34.3 Å². The van der Waals surface area contributed by atoms with E-state index in [1.807, 2.05) is 0 Å². The molecule has 2 amide bonds. The Balaban J connectivity index is 2.03. The van der Waals surface area contributed by atoms with E-state index >= 15 is 0 Å². The minimum absolute atomic E-state index is 0.0196. The Morgan fingerprint density at radius 2 is 1.96 bits per heavy atom. The van der Waals surface area contributed by atoms with Crippen molar-refractivity contribution in [2.75, 3.05) is 11.5 Å². The van der Waals surface area contributed by atoms with Crippen LogP contribution in [0.2, 0.25) is 0 Å². The molecule has 0 radical (unpaired) electrons. The first kappa shape index (κ1) is 18.5. The Morgan fingerprint density at radius 1 is 1.26 bits per heavy atom. The van der Waals surface area contributed by atoms with Gasteiger partial charge in [-0.3, -0.25) is 19.7 Å². The highest BCUT2D eigenvalue weighted by atomic mass is 32.2. The molecule has 1 fully saturated rings. The highest BCUT2D eigenvalue weighted by molar-refractivity contribution is 8.19. The third kappa shape index (κ3) is 3.63. The van der Waals surface area contributed by atoms with Gasteiger partial charge in [-0.25, -0.2) is 4.90 Å². The standard InChI is InChI=1S/C18H14N2O6S/c1-2-26-14-10-13(20(24)25)8-11(16(14)21)9-15-17(22)19(18(23)27-15)12-6-4-3-5-7-12/h3-10,21H,2H2,1H3/b15-9+. The molecule has 2 aromatic rings. The number of hydrogen-bond acceptors (Lipinski definition) is 7. The van der Waals surface area contributed by atoms with Crippen molar-refractivity contribution in [2.45, 2.75) is 6.92 Å². The number of rotatable bonds is 5. The van der Waals surface area contributed by atoms with Gasteiger partial charge in [0.1, 0.15) is 0 Å². The van der Waals surface area contributed by atoms with Crippen LogP contribution in [0.1, 0.15) is 12.5 Å². The van der Waals surface area contributed by atoms with Crippen molar-refractivity contribution < 1.29 is 24.4 Å². The lowest BCUT2D eigenvalue weighted by atomic mass is 10.1. The van der Waals surface area contributed by atoms with Crippen LogP contribution in [0.25, 0.3) is 6.08 Å². The molecule has 0 unspecified atom stereocenters. The van der Waals surface area contributed by atoms with Crippen LogP contribution in [0.15, 0.2) is 47.4 Å². The number of hydrogen-bond donors (Lipinski definition) is 1. The Hall–Kier alpha value is -3.33. The number of amides is 2. The lowest BCUT2D eigenvalue weighted by Crippen LogP contribution is -2.27. The van der Waals surface area contributed by atoms with Crippen LogP contribution in [0, 0.1) is 10.1 Å². The number of imide groups is 1. The normalized spacial score (nSPS) is 15.4. The molecule has 27 heavy (non-hydrogen) atoms. The number of aromatic hydroxyl groups is 1. The van der Waals surface area contributed by atoms with Crippen LogP contribution in [0.4, 0.5) is 16.2 Å². The van der Waals surface area contributed by atoms with E-state index in [1.54, 1.807) is 37.3 Å². The molecular formula is C18H14N2O6S. The van der Waals surface area contributed by atoms with E-state index in [2.05, 4.69) is 0 Å². The van der Waals surface area contributed by atoms with Gasteiger partial charge in [-0.05, 0) is 36.9 Å². The predicted molar refractivity (Wildman–Crippen MR) is 101 cm³/mol. The van der Waals surface area contributed by atoms with Gasteiger partial charge < -0.3 is 9.84 Å². The molecule has 0 bridgehead atoms. The minimum Gasteiger partial charge on any atom is -0.504 e. The van der Waals surface area contributed by atoms with Crippen LogP contribution in [-0.4, -0.2) is 27.8 Å². The molecule has 0 aliphatic carbocycles. The van der Waals surface area contributed by atoms with Gasteiger partial charge in [0.25, 0.3) is 16.8 Å². The molecule has 0 spiro atoms. The second-order valence-electron chi connectivity index (χ2n) is 5.42. The fourth-order valence-electron chi connectivity index (χ4n) is 2.50. The molecule has 1 aliphatic rings. The van der Waals surface area contributed by atoms with Crippen LogP contribution >= 0.6 is 11.8 Å². The summed E-state index contributed by atoms with van der Waals surface area (Å²) in [4.78, 5) is 36.4. The van der Waals surface area contributed by atoms with Gasteiger partial charge in [-0.15, -0.1) is 0 Å². The van der Waals surface area contributed by atoms with Crippen molar-refractivity contribution >= 4 is 40.4 Å². The van der Waals surface area contributed by atoms with Gasteiger partial charge in [0.05, 0.1) is 28.2 Å². The number of nitro groups is 1. The first-order chi connectivity index (χ1) is 12.9. The average molecular weight is 386 g/mol. The third-order valence-electron chi connectivity index (χ3n) is 3.69. The van der Waals surface area contributed by atoms with Crippen molar-refractivity contribution in [3.63, 3.8) is 0 Å². The summed E-state index contributed by atoms with van der Waals surface area (Å²) in [6, 6.07) is 10.6. The number of thioether (sulfide) groups is 1. The molecule has 0 atom stereocenters. The predicted octanol–water partition coefficient (Wildman–Crippen LogP) is 3.94. The molecule has 1 saturated heterocycles. The maximum absolute atomic E-state index is 12.6. The van der Waals surface area contributed by atoms with Crippen molar-refractivity contribution in [1.29, 1.82) is 0 Å². The zero-order chi connectivity index (χ0) is 19.6. The summed E-state index contributed by atoms with van der Waals surface area (Å²) in [5.41, 5.74) is 0.137. The smallest absolute Gasteiger partial charge is 0.298 e. The Labute approximate surface area is 158 Å². The van der Waals surface area contributed by atoms with E-state index in [9.17, 15) is 24.8 Å². The van der Waals surface area contributed by atoms with Gasteiger partial charge >= 0.3 is 0 Å². The molecule has 1 aliphatic heterocycles. The highest BCUT2D eigenvalue weighted by Gasteiger charge is 2.36. The van der Waals surface area contributed by atoms with Crippen molar-refractivity contribution in [2.24, 2.45) is 0 Å². The Morgan fingerprint density at radius 3 is 2.59 bits per heavy atom. The van der Waals surface area contributed by atoms with Crippen molar-refractivity contribution in [1.82, 2.24) is 0 Å². The summed E-state index contributed by atoms with van der Waals surface area (Å²) in [6.45, 7) is 1.86.